The molecule has 1 fully saturated rings. The van der Waals surface area contributed by atoms with Crippen molar-refractivity contribution in [3.05, 3.63) is 40.9 Å². The zero-order valence-electron chi connectivity index (χ0n) is 20.9. The van der Waals surface area contributed by atoms with E-state index in [1.807, 2.05) is 19.9 Å². The van der Waals surface area contributed by atoms with Gasteiger partial charge in [-0.15, -0.1) is 0 Å². The predicted octanol–water partition coefficient (Wildman–Crippen LogP) is 4.81. The SMILES string of the molecule is COCC(=O)N[C@@H]1CCC[C@H](C(=O)Nc2cc(-c3cc(F)c4nn(C)c(C(C)C)c4c3)c(Cl)cn2)C1. The summed E-state index contributed by atoms with van der Waals surface area (Å²) in [5.41, 5.74) is 2.38. The van der Waals surface area contributed by atoms with Crippen LogP contribution in [0.2, 0.25) is 5.02 Å². The standard InChI is InChI=1S/C26H31ClFN5O3/c1-14(2)25-19-9-16(10-21(28)24(19)32-33(25)3)18-11-22(29-12-20(18)27)31-26(35)15-6-5-7-17(8-15)30-23(34)13-36-4/h9-12,14-15,17H,5-8,13H2,1-4H3,(H,30,34)(H,29,31,35)/t15-,17+/m0/s1. The number of hydrogen-bond acceptors (Lipinski definition) is 5. The summed E-state index contributed by atoms with van der Waals surface area (Å²) < 4.78 is 21.6. The van der Waals surface area contributed by atoms with Crippen LogP contribution < -0.4 is 10.6 Å². The maximum Gasteiger partial charge on any atom is 0.246 e. The second-order valence-corrected chi connectivity index (χ2v) is 10.0. The molecule has 2 atom stereocenters. The molecule has 2 aromatic heterocycles. The first-order valence-corrected chi connectivity index (χ1v) is 12.5. The Balaban J connectivity index is 1.56. The maximum absolute atomic E-state index is 15.0. The summed E-state index contributed by atoms with van der Waals surface area (Å²) in [5.74, 6) is -0.572. The highest BCUT2D eigenvalue weighted by atomic mass is 35.5. The minimum absolute atomic E-state index is 0.00503. The molecule has 192 valence electrons. The smallest absolute Gasteiger partial charge is 0.246 e. The number of nitrogens with zero attached hydrogens (tertiary/aromatic N) is 3. The number of aromatic nitrogens is 3. The molecule has 1 aromatic carbocycles. The molecule has 10 heteroatoms. The lowest BCUT2D eigenvalue weighted by atomic mass is 9.85. The van der Waals surface area contributed by atoms with E-state index >= 15 is 4.39 Å². The lowest BCUT2D eigenvalue weighted by Gasteiger charge is -2.29. The normalized spacial score (nSPS) is 18.0. The Morgan fingerprint density at radius 2 is 2.06 bits per heavy atom. The summed E-state index contributed by atoms with van der Waals surface area (Å²) in [4.78, 5) is 29.1. The summed E-state index contributed by atoms with van der Waals surface area (Å²) >= 11 is 6.45. The van der Waals surface area contributed by atoms with Crippen molar-refractivity contribution < 1.29 is 18.7 Å². The molecule has 4 rings (SSSR count). The molecule has 36 heavy (non-hydrogen) atoms. The second kappa shape index (κ2) is 10.9. The first-order chi connectivity index (χ1) is 17.2. The fraction of sp³-hybridized carbons (Fsp3) is 0.462. The van der Waals surface area contributed by atoms with Crippen molar-refractivity contribution in [2.24, 2.45) is 13.0 Å². The molecule has 0 bridgehead atoms. The van der Waals surface area contributed by atoms with E-state index in [4.69, 9.17) is 16.3 Å². The molecule has 0 unspecified atom stereocenters. The van der Waals surface area contributed by atoms with Crippen molar-refractivity contribution in [1.82, 2.24) is 20.1 Å². The second-order valence-electron chi connectivity index (χ2n) is 9.62. The van der Waals surface area contributed by atoms with Crippen molar-refractivity contribution in [2.75, 3.05) is 19.0 Å². The number of pyridine rings is 1. The lowest BCUT2D eigenvalue weighted by molar-refractivity contribution is -0.127. The van der Waals surface area contributed by atoms with E-state index in [1.54, 1.807) is 17.8 Å². The minimum Gasteiger partial charge on any atom is -0.375 e. The molecule has 2 N–H and O–H groups in total. The van der Waals surface area contributed by atoms with Crippen molar-refractivity contribution in [3.8, 4) is 11.1 Å². The number of carbonyl (C=O) groups excluding carboxylic acids is 2. The molecular weight excluding hydrogens is 485 g/mol. The van der Waals surface area contributed by atoms with Gasteiger partial charge < -0.3 is 15.4 Å². The largest absolute Gasteiger partial charge is 0.375 e. The summed E-state index contributed by atoms with van der Waals surface area (Å²) in [6, 6.07) is 4.87. The third-order valence-electron chi connectivity index (χ3n) is 6.59. The van der Waals surface area contributed by atoms with E-state index < -0.39 is 5.82 Å². The zero-order chi connectivity index (χ0) is 26.0. The number of benzene rings is 1. The van der Waals surface area contributed by atoms with Crippen LogP contribution in [-0.2, 0) is 21.4 Å². The van der Waals surface area contributed by atoms with Gasteiger partial charge in [-0.1, -0.05) is 31.9 Å². The number of fused-ring (bicyclic) bond motifs is 1. The van der Waals surface area contributed by atoms with Crippen LogP contribution in [0.1, 0.15) is 51.1 Å². The molecule has 2 heterocycles. The number of methoxy groups -OCH3 is 1. The van der Waals surface area contributed by atoms with Crippen LogP contribution in [0.25, 0.3) is 22.0 Å². The fourth-order valence-electron chi connectivity index (χ4n) is 5.03. The van der Waals surface area contributed by atoms with Gasteiger partial charge in [0.1, 0.15) is 17.9 Å². The molecule has 3 aromatic rings. The van der Waals surface area contributed by atoms with Gasteiger partial charge in [0.15, 0.2) is 5.82 Å². The zero-order valence-corrected chi connectivity index (χ0v) is 21.7. The van der Waals surface area contributed by atoms with Crippen molar-refractivity contribution in [2.45, 2.75) is 51.5 Å². The molecule has 2 amide bonds. The predicted molar refractivity (Wildman–Crippen MR) is 137 cm³/mol. The highest BCUT2D eigenvalue weighted by Crippen LogP contribution is 2.35. The summed E-state index contributed by atoms with van der Waals surface area (Å²) in [6.45, 7) is 4.06. The van der Waals surface area contributed by atoms with Crippen LogP contribution in [0.3, 0.4) is 0 Å². The first-order valence-electron chi connectivity index (χ1n) is 12.1. The number of aryl methyl sites for hydroxylation is 1. The van der Waals surface area contributed by atoms with Crippen molar-refractivity contribution in [3.63, 3.8) is 0 Å². The van der Waals surface area contributed by atoms with Gasteiger partial charge in [0, 0.05) is 49.0 Å². The molecule has 0 radical (unpaired) electrons. The van der Waals surface area contributed by atoms with Gasteiger partial charge >= 0.3 is 0 Å². The summed E-state index contributed by atoms with van der Waals surface area (Å²) in [7, 11) is 3.27. The van der Waals surface area contributed by atoms with E-state index in [0.29, 0.717) is 33.9 Å². The van der Waals surface area contributed by atoms with Crippen LogP contribution in [0, 0.1) is 11.7 Å². The maximum atomic E-state index is 15.0. The molecular formula is C26H31ClFN5O3. The quantitative estimate of drug-likeness (QED) is 0.470. The number of halogens is 2. The van der Waals surface area contributed by atoms with Gasteiger partial charge in [0.05, 0.1) is 5.02 Å². The van der Waals surface area contributed by atoms with Gasteiger partial charge in [0.2, 0.25) is 11.8 Å². The first kappa shape index (κ1) is 26.0. The van der Waals surface area contributed by atoms with E-state index in [9.17, 15) is 9.59 Å². The van der Waals surface area contributed by atoms with Crippen molar-refractivity contribution in [1.29, 1.82) is 0 Å². The highest BCUT2D eigenvalue weighted by Gasteiger charge is 2.28. The Morgan fingerprint density at radius 1 is 1.28 bits per heavy atom. The van der Waals surface area contributed by atoms with Crippen LogP contribution >= 0.6 is 11.6 Å². The Kier molecular flexibility index (Phi) is 7.90. The Hall–Kier alpha value is -3.04. The molecule has 0 saturated heterocycles. The molecule has 1 aliphatic rings. The van der Waals surface area contributed by atoms with Crippen LogP contribution in [0.4, 0.5) is 10.2 Å². The number of ether oxygens (including phenoxy) is 1. The average Bonchev–Trinajstić information content (AvgIpc) is 3.17. The van der Waals surface area contributed by atoms with Crippen LogP contribution in [0.5, 0.6) is 0 Å². The van der Waals surface area contributed by atoms with Crippen molar-refractivity contribution >= 4 is 40.1 Å². The minimum atomic E-state index is -0.438. The van der Waals surface area contributed by atoms with Gasteiger partial charge in [-0.3, -0.25) is 14.3 Å². The topological polar surface area (TPSA) is 98.1 Å². The number of nitrogens with one attached hydrogen (secondary N) is 2. The van der Waals surface area contributed by atoms with Gasteiger partial charge in [0.25, 0.3) is 0 Å². The van der Waals surface area contributed by atoms with Crippen LogP contribution in [0.15, 0.2) is 24.4 Å². The molecule has 1 saturated carbocycles. The third-order valence-corrected chi connectivity index (χ3v) is 6.89. The number of carbonyl (C=O) groups is 2. The van der Waals surface area contributed by atoms with E-state index in [2.05, 4.69) is 20.7 Å². The highest BCUT2D eigenvalue weighted by molar-refractivity contribution is 6.33. The number of amides is 2. The van der Waals surface area contributed by atoms with Gasteiger partial charge in [-0.25, -0.2) is 9.37 Å². The molecule has 0 aliphatic heterocycles. The van der Waals surface area contributed by atoms with Gasteiger partial charge in [-0.2, -0.15) is 5.10 Å². The van der Waals surface area contributed by atoms with E-state index in [1.165, 1.54) is 19.4 Å². The Labute approximate surface area is 214 Å². The summed E-state index contributed by atoms with van der Waals surface area (Å²) in [6.07, 6.45) is 4.38. The number of anilines is 1. The fourth-order valence-corrected chi connectivity index (χ4v) is 5.24. The molecule has 1 aliphatic carbocycles. The summed E-state index contributed by atoms with van der Waals surface area (Å²) in [5, 5.41) is 11.2. The monoisotopic (exact) mass is 515 g/mol. The van der Waals surface area contributed by atoms with Crippen LogP contribution in [-0.4, -0.2) is 46.3 Å². The van der Waals surface area contributed by atoms with E-state index in [-0.39, 0.29) is 36.3 Å². The number of hydrogen-bond donors (Lipinski definition) is 2. The van der Waals surface area contributed by atoms with E-state index in [0.717, 1.165) is 30.3 Å². The lowest BCUT2D eigenvalue weighted by Crippen LogP contribution is -2.42. The Bertz CT molecular complexity index is 1290. The Morgan fingerprint density at radius 3 is 2.78 bits per heavy atom. The third kappa shape index (κ3) is 5.52. The van der Waals surface area contributed by atoms with Gasteiger partial charge in [-0.05, 0) is 48.9 Å². The number of rotatable bonds is 7. The average molecular weight is 516 g/mol. The molecule has 0 spiro atoms. The molecule has 8 nitrogen and oxygen atoms in total.